The summed E-state index contributed by atoms with van der Waals surface area (Å²) in [6.45, 7) is 4.62. The van der Waals surface area contributed by atoms with E-state index in [1.54, 1.807) is 82.4 Å². The summed E-state index contributed by atoms with van der Waals surface area (Å²) in [7, 11) is 0. The number of carboxylic acids is 4. The molecule has 67 heavy (non-hydrogen) atoms. The molecule has 0 amide bonds. The van der Waals surface area contributed by atoms with Crippen molar-refractivity contribution in [3.8, 4) is 0 Å². The van der Waals surface area contributed by atoms with E-state index < -0.39 is 23.9 Å². The van der Waals surface area contributed by atoms with Gasteiger partial charge in [0.05, 0.1) is 23.9 Å². The van der Waals surface area contributed by atoms with E-state index in [0.717, 1.165) is 0 Å². The first-order chi connectivity index (χ1) is 32.6. The minimum absolute atomic E-state index is 0.00985. The Hall–Kier alpha value is -3.40. The number of carboxylic acid groups (broad SMARTS) is 4. The van der Waals surface area contributed by atoms with Crippen LogP contribution in [0.4, 0.5) is 0 Å². The summed E-state index contributed by atoms with van der Waals surface area (Å²) in [6.07, 6.45) is 49.0. The fraction of sp³-hybridized carbons (Fsp3) is 0.655. The summed E-state index contributed by atoms with van der Waals surface area (Å²) in [5, 5.41) is 41.6. The topological polar surface area (TPSA) is 161 Å². The Morgan fingerprint density at radius 3 is 0.791 bits per heavy atom. The minimum atomic E-state index is -1.54. The van der Waals surface area contributed by atoms with Crippen molar-refractivity contribution in [2.45, 2.75) is 241 Å². The third kappa shape index (κ3) is 46.1. The molecule has 6 radical (unpaired) electrons. The zero-order valence-electron chi connectivity index (χ0n) is 42.2. The molecule has 8 nitrogen and oxygen atoms in total. The van der Waals surface area contributed by atoms with E-state index in [1.807, 2.05) is 0 Å². The van der Waals surface area contributed by atoms with Crippen LogP contribution >= 0.6 is 0 Å². The Labute approximate surface area is 418 Å². The van der Waals surface area contributed by atoms with E-state index >= 15 is 0 Å². The van der Waals surface area contributed by atoms with Crippen molar-refractivity contribution in [2.75, 3.05) is 0 Å². The summed E-state index contributed by atoms with van der Waals surface area (Å²) in [5.41, 5.74) is 0.797. The molecule has 0 aliphatic heterocycles. The van der Waals surface area contributed by atoms with Gasteiger partial charge in [-0.2, -0.15) is 0 Å². The Bertz CT molecular complexity index is 1410. The fourth-order valence-electron chi connectivity index (χ4n) is 8.00. The first-order valence-electron chi connectivity index (χ1n) is 26.6. The number of unbranched alkanes of at least 4 members (excludes halogenated alkanes) is 30. The fourth-order valence-corrected chi connectivity index (χ4v) is 11.6. The van der Waals surface area contributed by atoms with Crippen molar-refractivity contribution in [3.05, 3.63) is 95.1 Å². The van der Waals surface area contributed by atoms with Crippen LogP contribution in [0.3, 0.4) is 0 Å². The van der Waals surface area contributed by atoms with E-state index in [1.165, 1.54) is 193 Å². The van der Waals surface area contributed by atoms with Gasteiger partial charge in [-0.15, -0.1) is 0 Å². The molecule has 0 aliphatic rings. The molecule has 2 rings (SSSR count). The van der Waals surface area contributed by atoms with Crippen molar-refractivity contribution < 1.29 is 39.6 Å². The van der Waals surface area contributed by atoms with Gasteiger partial charge in [0.15, 0.2) is 0 Å². The normalized spacial score (nSPS) is 11.3. The average Bonchev–Trinajstić information content (AvgIpc) is 3.31. The monoisotopic (exact) mass is 1030 g/mol. The summed E-state index contributed by atoms with van der Waals surface area (Å²) in [5.74, 6) is -6.07. The van der Waals surface area contributed by atoms with Crippen molar-refractivity contribution in [3.63, 3.8) is 0 Å². The van der Waals surface area contributed by atoms with Gasteiger partial charge in [-0.25, -0.2) is 0 Å². The Kier molecular flexibility index (Phi) is 46.5. The van der Waals surface area contributed by atoms with Crippen LogP contribution in [0.2, 0.25) is 8.87 Å². The van der Waals surface area contributed by atoms with Gasteiger partial charge in [-0.05, 0) is 47.3 Å². The summed E-state index contributed by atoms with van der Waals surface area (Å²) in [6, 6.07) is 17.3. The minimum Gasteiger partial charge on any atom is -0.545 e. The Morgan fingerprint density at radius 1 is 0.358 bits per heavy atom. The molecule has 0 unspecified atom stereocenters. The molecule has 0 saturated carbocycles. The second kappa shape index (κ2) is 49.0. The van der Waals surface area contributed by atoms with Gasteiger partial charge < -0.3 is 39.6 Å². The van der Waals surface area contributed by atoms with Crippen LogP contribution < -0.4 is 20.4 Å². The molecule has 0 aromatic heterocycles. The maximum absolute atomic E-state index is 10.6. The predicted molar refractivity (Wildman–Crippen MR) is 271 cm³/mol. The van der Waals surface area contributed by atoms with Crippen molar-refractivity contribution in [1.82, 2.24) is 0 Å². The standard InChI is InChI=1S/2C18H37.2C11H10O4.Sn/c2*1-3-5-7-9-11-13-15-17-18-16-14-12-10-8-6-4-2;2*12-10(13)7-9(11(14)15)6-8-4-2-1-3-5-8;/h2*1,3-18H2,2H3;2*1-5,7H,6H2,(H,12,13)(H,14,15);/q;;;;+4/p-4/b;;2*9-7-;. The molecule has 0 heterocycles. The molecular formula is C58H90O8Sn. The van der Waals surface area contributed by atoms with Gasteiger partial charge in [-0.1, -0.05) is 139 Å². The van der Waals surface area contributed by atoms with Crippen molar-refractivity contribution in [1.29, 1.82) is 0 Å². The number of hydrogen-bond acceptors (Lipinski definition) is 8. The van der Waals surface area contributed by atoms with Crippen LogP contribution in [0.5, 0.6) is 0 Å². The number of rotatable bonds is 42. The van der Waals surface area contributed by atoms with Crippen LogP contribution in [0.15, 0.2) is 84.0 Å². The molecule has 0 bridgehead atoms. The third-order valence-electron chi connectivity index (χ3n) is 12.0. The van der Waals surface area contributed by atoms with E-state index in [4.69, 9.17) is 0 Å². The van der Waals surface area contributed by atoms with Crippen LogP contribution in [0.25, 0.3) is 0 Å². The Balaban J connectivity index is 0.00000117. The van der Waals surface area contributed by atoms with Gasteiger partial charge in [0.25, 0.3) is 0 Å². The quantitative estimate of drug-likeness (QED) is 0.0361. The van der Waals surface area contributed by atoms with E-state index in [-0.39, 0.29) is 45.1 Å². The molecular weight excluding hydrogens is 943 g/mol. The van der Waals surface area contributed by atoms with E-state index in [9.17, 15) is 39.6 Å². The maximum atomic E-state index is 10.6. The van der Waals surface area contributed by atoms with Gasteiger partial charge in [0.2, 0.25) is 0 Å². The van der Waals surface area contributed by atoms with Crippen LogP contribution in [0.1, 0.15) is 230 Å². The molecule has 374 valence electrons. The Morgan fingerprint density at radius 2 is 0.582 bits per heavy atom. The number of hydrogen-bond donors (Lipinski definition) is 0. The number of carbonyl (C=O) groups excluding carboxylic acids is 4. The molecule has 2 aromatic carbocycles. The summed E-state index contributed by atoms with van der Waals surface area (Å²) in [4.78, 5) is 41.6. The first kappa shape index (κ1) is 63.6. The van der Waals surface area contributed by atoms with Crippen LogP contribution in [-0.2, 0) is 32.0 Å². The molecule has 0 aliphatic carbocycles. The van der Waals surface area contributed by atoms with Gasteiger partial charge >= 0.3 is 171 Å². The molecule has 0 N–H and O–H groups in total. The first-order valence-corrected chi connectivity index (χ1v) is 30.7. The third-order valence-corrected chi connectivity index (χ3v) is 16.0. The zero-order valence-corrected chi connectivity index (χ0v) is 45.0. The molecule has 0 spiro atoms. The number of carbonyl (C=O) groups is 4. The molecule has 0 atom stereocenters. The van der Waals surface area contributed by atoms with Crippen molar-refractivity contribution in [2.24, 2.45) is 0 Å². The van der Waals surface area contributed by atoms with Gasteiger partial charge in [0.1, 0.15) is 0 Å². The number of aliphatic carboxylic acids is 4. The van der Waals surface area contributed by atoms with E-state index in [0.29, 0.717) is 23.3 Å². The predicted octanol–water partition coefficient (Wildman–Crippen LogP) is 11.4. The summed E-state index contributed by atoms with van der Waals surface area (Å²) < 4.78 is 3.33. The smallest absolute Gasteiger partial charge is 0.545 e. The van der Waals surface area contributed by atoms with Gasteiger partial charge in [0, 0.05) is 0 Å². The van der Waals surface area contributed by atoms with Crippen LogP contribution in [-0.4, -0.2) is 45.0 Å². The SMILES string of the molecule is CCCCCCCCCCCCCCCCC[CH2][Sn+4][CH2]CCCCCCCCCCCCCCCCC.O=C([O-])/C=C(/Cc1ccccc1)C(=O)[O-].O=C([O-])/C=C(/Cc1ccccc1)C(=O)[O-]. The second-order valence-electron chi connectivity index (χ2n) is 18.2. The zero-order chi connectivity index (χ0) is 49.3. The average molecular weight is 1030 g/mol. The van der Waals surface area contributed by atoms with E-state index in [2.05, 4.69) is 13.8 Å². The van der Waals surface area contributed by atoms with Gasteiger partial charge in [-0.3, -0.25) is 0 Å². The molecule has 2 aromatic rings. The van der Waals surface area contributed by atoms with Crippen molar-refractivity contribution >= 4 is 45.0 Å². The van der Waals surface area contributed by atoms with Crippen LogP contribution in [0, 0.1) is 0 Å². The molecule has 0 saturated heterocycles. The molecule has 9 heteroatoms. The number of benzene rings is 2. The molecule has 0 fully saturated rings. The summed E-state index contributed by atoms with van der Waals surface area (Å²) >= 11 is 0.00985. The second-order valence-corrected chi connectivity index (χ2v) is 22.5.